The zero-order valence-electron chi connectivity index (χ0n) is 17.6. The summed E-state index contributed by atoms with van der Waals surface area (Å²) in [6.07, 6.45) is 0.366. The SMILES string of the molecule is COc1ccc([C@H]2CC(=O)N(c3cccc(N)c3)C2)cc1OCc1ccccc1[N+](=O)[O-]. The molecule has 0 spiro atoms. The summed E-state index contributed by atoms with van der Waals surface area (Å²) in [7, 11) is 1.54. The van der Waals surface area contributed by atoms with E-state index in [-0.39, 0.29) is 24.1 Å². The maximum absolute atomic E-state index is 12.7. The van der Waals surface area contributed by atoms with Gasteiger partial charge in [-0.25, -0.2) is 0 Å². The number of hydrogen-bond acceptors (Lipinski definition) is 6. The molecule has 1 aliphatic rings. The second-order valence-corrected chi connectivity index (χ2v) is 7.59. The number of nitrogens with two attached hydrogens (primary N) is 1. The van der Waals surface area contributed by atoms with Crippen molar-refractivity contribution in [1.29, 1.82) is 0 Å². The average Bonchev–Trinajstić information content (AvgIpc) is 3.19. The number of ether oxygens (including phenoxy) is 2. The summed E-state index contributed by atoms with van der Waals surface area (Å²) < 4.78 is 11.3. The number of carbonyl (C=O) groups is 1. The number of rotatable bonds is 7. The van der Waals surface area contributed by atoms with Crippen LogP contribution in [0.2, 0.25) is 0 Å². The van der Waals surface area contributed by atoms with Gasteiger partial charge in [0.1, 0.15) is 6.61 Å². The summed E-state index contributed by atoms with van der Waals surface area (Å²) >= 11 is 0. The molecule has 0 saturated carbocycles. The third-order valence-corrected chi connectivity index (χ3v) is 5.54. The summed E-state index contributed by atoms with van der Waals surface area (Å²) in [6.45, 7) is 0.550. The van der Waals surface area contributed by atoms with Crippen LogP contribution in [0.4, 0.5) is 17.1 Å². The maximum Gasteiger partial charge on any atom is 0.276 e. The van der Waals surface area contributed by atoms with E-state index in [4.69, 9.17) is 15.2 Å². The first-order chi connectivity index (χ1) is 15.5. The Morgan fingerprint density at radius 2 is 1.91 bits per heavy atom. The first-order valence-electron chi connectivity index (χ1n) is 10.1. The van der Waals surface area contributed by atoms with E-state index in [1.807, 2.05) is 24.3 Å². The minimum atomic E-state index is -0.429. The van der Waals surface area contributed by atoms with Crippen molar-refractivity contribution in [2.24, 2.45) is 0 Å². The lowest BCUT2D eigenvalue weighted by Crippen LogP contribution is -2.24. The van der Waals surface area contributed by atoms with Crippen LogP contribution in [0.15, 0.2) is 66.7 Å². The van der Waals surface area contributed by atoms with Gasteiger partial charge >= 0.3 is 0 Å². The van der Waals surface area contributed by atoms with Crippen LogP contribution in [0.25, 0.3) is 0 Å². The highest BCUT2D eigenvalue weighted by molar-refractivity contribution is 5.96. The first kappa shape index (κ1) is 21.2. The van der Waals surface area contributed by atoms with Gasteiger partial charge < -0.3 is 20.1 Å². The number of para-hydroxylation sites is 1. The van der Waals surface area contributed by atoms with E-state index in [1.54, 1.807) is 41.3 Å². The summed E-state index contributed by atoms with van der Waals surface area (Å²) in [5, 5.41) is 11.3. The lowest BCUT2D eigenvalue weighted by Gasteiger charge is -2.18. The van der Waals surface area contributed by atoms with Crippen LogP contribution in [-0.2, 0) is 11.4 Å². The van der Waals surface area contributed by atoms with Crippen LogP contribution in [0.5, 0.6) is 11.5 Å². The standard InChI is InChI=1S/C24H23N3O5/c1-31-22-10-9-16(11-23(22)32-15-17-5-2-3-8-21(17)27(29)30)18-12-24(28)26(14-18)20-7-4-6-19(25)13-20/h2-11,13,18H,12,14-15,25H2,1H3/t18-/m0/s1. The maximum atomic E-state index is 12.7. The summed E-state index contributed by atoms with van der Waals surface area (Å²) in [6, 6.07) is 19.3. The van der Waals surface area contributed by atoms with Gasteiger partial charge in [-0.3, -0.25) is 14.9 Å². The van der Waals surface area contributed by atoms with Gasteiger partial charge in [0.05, 0.1) is 17.6 Å². The van der Waals surface area contributed by atoms with Crippen molar-refractivity contribution in [2.75, 3.05) is 24.3 Å². The number of benzene rings is 3. The zero-order chi connectivity index (χ0) is 22.7. The molecule has 1 fully saturated rings. The third-order valence-electron chi connectivity index (χ3n) is 5.54. The van der Waals surface area contributed by atoms with E-state index in [1.165, 1.54) is 13.2 Å². The van der Waals surface area contributed by atoms with Crippen molar-refractivity contribution in [2.45, 2.75) is 18.9 Å². The molecule has 8 heteroatoms. The molecule has 0 bridgehead atoms. The molecular weight excluding hydrogens is 410 g/mol. The van der Waals surface area contributed by atoms with Crippen molar-refractivity contribution in [1.82, 2.24) is 0 Å². The average molecular weight is 433 g/mol. The highest BCUT2D eigenvalue weighted by Gasteiger charge is 2.32. The molecule has 8 nitrogen and oxygen atoms in total. The van der Waals surface area contributed by atoms with Crippen LogP contribution < -0.4 is 20.1 Å². The number of nitrogen functional groups attached to an aromatic ring is 1. The monoisotopic (exact) mass is 433 g/mol. The Hall–Kier alpha value is -4.07. The Bertz CT molecular complexity index is 1160. The summed E-state index contributed by atoms with van der Waals surface area (Å²) in [4.78, 5) is 25.2. The topological polar surface area (TPSA) is 108 Å². The molecule has 1 saturated heterocycles. The number of nitro benzene ring substituents is 1. The van der Waals surface area contributed by atoms with Crippen molar-refractivity contribution >= 4 is 23.0 Å². The molecule has 32 heavy (non-hydrogen) atoms. The van der Waals surface area contributed by atoms with E-state index < -0.39 is 4.92 Å². The fourth-order valence-electron chi connectivity index (χ4n) is 3.90. The van der Waals surface area contributed by atoms with Gasteiger partial charge in [-0.1, -0.05) is 24.3 Å². The highest BCUT2D eigenvalue weighted by Crippen LogP contribution is 2.37. The molecule has 0 radical (unpaired) electrons. The lowest BCUT2D eigenvalue weighted by molar-refractivity contribution is -0.385. The van der Waals surface area contributed by atoms with Gasteiger partial charge in [-0.2, -0.15) is 0 Å². The molecule has 0 unspecified atom stereocenters. The molecule has 1 amide bonds. The number of hydrogen-bond donors (Lipinski definition) is 1. The van der Waals surface area contributed by atoms with Crippen LogP contribution in [0, 0.1) is 10.1 Å². The van der Waals surface area contributed by atoms with E-state index >= 15 is 0 Å². The normalized spacial score (nSPS) is 15.6. The van der Waals surface area contributed by atoms with E-state index in [9.17, 15) is 14.9 Å². The number of carbonyl (C=O) groups excluding carboxylic acids is 1. The van der Waals surface area contributed by atoms with Gasteiger partial charge in [-0.05, 0) is 42.0 Å². The molecule has 1 atom stereocenters. The second-order valence-electron chi connectivity index (χ2n) is 7.59. The minimum Gasteiger partial charge on any atom is -0.493 e. The van der Waals surface area contributed by atoms with Crippen molar-refractivity contribution < 1.29 is 19.2 Å². The molecule has 1 aliphatic heterocycles. The molecule has 4 rings (SSSR count). The number of amides is 1. The van der Waals surface area contributed by atoms with Crippen LogP contribution in [0.1, 0.15) is 23.5 Å². The van der Waals surface area contributed by atoms with Crippen LogP contribution in [0.3, 0.4) is 0 Å². The van der Waals surface area contributed by atoms with Crippen molar-refractivity contribution in [3.05, 3.63) is 88.0 Å². The molecule has 3 aromatic carbocycles. The number of nitro groups is 1. The highest BCUT2D eigenvalue weighted by atomic mass is 16.6. The Labute approximate surface area is 185 Å². The zero-order valence-corrected chi connectivity index (χ0v) is 17.6. The quantitative estimate of drug-likeness (QED) is 0.338. The summed E-state index contributed by atoms with van der Waals surface area (Å²) in [5.74, 6) is 0.990. The predicted molar refractivity (Wildman–Crippen MR) is 121 cm³/mol. The van der Waals surface area contributed by atoms with Crippen LogP contribution >= 0.6 is 0 Å². The minimum absolute atomic E-state index is 0.00165. The second kappa shape index (κ2) is 8.97. The van der Waals surface area contributed by atoms with Crippen molar-refractivity contribution in [3.8, 4) is 11.5 Å². The van der Waals surface area contributed by atoms with Gasteiger partial charge in [0.25, 0.3) is 5.69 Å². The smallest absolute Gasteiger partial charge is 0.276 e. The molecule has 3 aromatic rings. The fourth-order valence-corrected chi connectivity index (χ4v) is 3.90. The van der Waals surface area contributed by atoms with E-state index in [2.05, 4.69) is 0 Å². The van der Waals surface area contributed by atoms with Gasteiger partial charge in [0.15, 0.2) is 11.5 Å². The molecule has 1 heterocycles. The predicted octanol–water partition coefficient (Wildman–Crippen LogP) is 4.29. The third kappa shape index (κ3) is 4.34. The molecule has 0 aliphatic carbocycles. The number of nitrogens with zero attached hydrogens (tertiary/aromatic N) is 2. The Morgan fingerprint density at radius 1 is 1.09 bits per heavy atom. The Kier molecular flexibility index (Phi) is 5.93. The largest absolute Gasteiger partial charge is 0.493 e. The molecule has 0 aromatic heterocycles. The number of methoxy groups -OCH3 is 1. The first-order valence-corrected chi connectivity index (χ1v) is 10.1. The van der Waals surface area contributed by atoms with Gasteiger partial charge in [0.2, 0.25) is 5.91 Å². The van der Waals surface area contributed by atoms with Gasteiger partial charge in [0, 0.05) is 36.3 Å². The van der Waals surface area contributed by atoms with E-state index in [0.29, 0.717) is 35.7 Å². The van der Waals surface area contributed by atoms with Crippen molar-refractivity contribution in [3.63, 3.8) is 0 Å². The number of anilines is 2. The van der Waals surface area contributed by atoms with Gasteiger partial charge in [-0.15, -0.1) is 0 Å². The fraction of sp³-hybridized carbons (Fsp3) is 0.208. The molecule has 164 valence electrons. The van der Waals surface area contributed by atoms with Crippen LogP contribution in [-0.4, -0.2) is 24.5 Å². The summed E-state index contributed by atoms with van der Waals surface area (Å²) in [5.41, 5.74) is 8.65. The Balaban J connectivity index is 1.55. The molecular formula is C24H23N3O5. The lowest BCUT2D eigenvalue weighted by atomic mass is 9.98. The molecule has 2 N–H and O–H groups in total. The Morgan fingerprint density at radius 3 is 2.66 bits per heavy atom. The van der Waals surface area contributed by atoms with E-state index in [0.717, 1.165) is 11.3 Å².